The van der Waals surface area contributed by atoms with Crippen molar-refractivity contribution in [2.24, 2.45) is 7.05 Å². The first-order valence-corrected chi connectivity index (χ1v) is 10.6. The number of methoxy groups -OCH3 is 1. The topological polar surface area (TPSA) is 87.9 Å². The molecule has 0 bridgehead atoms. The fourth-order valence-corrected chi connectivity index (χ4v) is 5.40. The van der Waals surface area contributed by atoms with Gasteiger partial charge in [0.05, 0.1) is 30.7 Å². The van der Waals surface area contributed by atoms with Crippen molar-refractivity contribution in [1.82, 2.24) is 19.4 Å². The molecule has 1 spiro atoms. The average molecular weight is 434 g/mol. The van der Waals surface area contributed by atoms with Crippen LogP contribution in [-0.2, 0) is 17.3 Å². The van der Waals surface area contributed by atoms with Gasteiger partial charge in [0.2, 0.25) is 5.91 Å². The van der Waals surface area contributed by atoms with E-state index >= 15 is 0 Å². The van der Waals surface area contributed by atoms with Gasteiger partial charge in [-0.1, -0.05) is 0 Å². The van der Waals surface area contributed by atoms with Gasteiger partial charge in [0, 0.05) is 68.7 Å². The first-order valence-electron chi connectivity index (χ1n) is 10.6. The van der Waals surface area contributed by atoms with Crippen molar-refractivity contribution in [2.45, 2.75) is 18.4 Å². The van der Waals surface area contributed by atoms with E-state index in [1.165, 1.54) is 0 Å². The van der Waals surface area contributed by atoms with E-state index in [4.69, 9.17) is 4.74 Å². The van der Waals surface area contributed by atoms with Gasteiger partial charge in [0.25, 0.3) is 5.91 Å². The molecule has 166 valence electrons. The summed E-state index contributed by atoms with van der Waals surface area (Å²) in [7, 11) is 3.59. The third kappa shape index (κ3) is 2.82. The Labute approximate surface area is 186 Å². The molecule has 5 rings (SSSR count). The minimum atomic E-state index is -0.494. The fraction of sp³-hybridized carbons (Fsp3) is 0.375. The second-order valence-corrected chi connectivity index (χ2v) is 8.73. The van der Waals surface area contributed by atoms with E-state index in [0.29, 0.717) is 25.2 Å². The van der Waals surface area contributed by atoms with Gasteiger partial charge >= 0.3 is 0 Å². The van der Waals surface area contributed by atoms with Crippen LogP contribution in [0.15, 0.2) is 42.7 Å². The van der Waals surface area contributed by atoms with Crippen LogP contribution in [0.5, 0.6) is 5.75 Å². The largest absolute Gasteiger partial charge is 0.497 e. The number of aliphatic hydroxyl groups excluding tert-OH is 1. The molecule has 0 saturated carbocycles. The van der Waals surface area contributed by atoms with E-state index in [0.717, 1.165) is 27.9 Å². The molecule has 2 aliphatic heterocycles. The molecule has 8 nitrogen and oxygen atoms in total. The Balaban J connectivity index is 1.71. The van der Waals surface area contributed by atoms with Crippen LogP contribution in [0.1, 0.15) is 34.6 Å². The summed E-state index contributed by atoms with van der Waals surface area (Å²) in [6, 6.07) is 8.83. The zero-order chi connectivity index (χ0) is 22.6. The van der Waals surface area contributed by atoms with E-state index < -0.39 is 6.04 Å². The van der Waals surface area contributed by atoms with Crippen LogP contribution in [0, 0.1) is 0 Å². The average Bonchev–Trinajstić information content (AvgIpc) is 3.08. The standard InChI is InChI=1S/C24H26N4O4/c1-15(30)27-12-24(13-27)14-28(23(31)16-6-8-25-9-7-16)20(11-29)22-21(24)18-5-4-17(32-3)10-19(18)26(22)2/h4-10,20,29H,11-14H2,1-3H3/t20-/m0/s1. The Kier molecular flexibility index (Phi) is 4.70. The Morgan fingerprint density at radius 1 is 1.19 bits per heavy atom. The maximum Gasteiger partial charge on any atom is 0.254 e. The number of likely N-dealkylation sites (tertiary alicyclic amines) is 1. The highest BCUT2D eigenvalue weighted by atomic mass is 16.5. The van der Waals surface area contributed by atoms with Gasteiger partial charge in [-0.2, -0.15) is 0 Å². The highest BCUT2D eigenvalue weighted by molar-refractivity contribution is 5.96. The summed E-state index contributed by atoms with van der Waals surface area (Å²) in [5.41, 5.74) is 3.15. The number of aryl methyl sites for hydroxylation is 1. The number of ether oxygens (including phenoxy) is 1. The van der Waals surface area contributed by atoms with Crippen LogP contribution in [0.4, 0.5) is 0 Å². The number of hydrogen-bond donors (Lipinski definition) is 1. The molecule has 3 aromatic rings. The van der Waals surface area contributed by atoms with Crippen LogP contribution in [-0.4, -0.2) is 69.6 Å². The first kappa shape index (κ1) is 20.5. The summed E-state index contributed by atoms with van der Waals surface area (Å²) in [5, 5.41) is 11.5. The summed E-state index contributed by atoms with van der Waals surface area (Å²) in [6.45, 7) is 2.89. The smallest absolute Gasteiger partial charge is 0.254 e. The minimum Gasteiger partial charge on any atom is -0.497 e. The molecule has 0 radical (unpaired) electrons. The molecular formula is C24H26N4O4. The van der Waals surface area contributed by atoms with Crippen LogP contribution >= 0.6 is 0 Å². The number of benzene rings is 1. The zero-order valence-corrected chi connectivity index (χ0v) is 18.4. The molecule has 2 aliphatic rings. The third-order valence-electron chi connectivity index (χ3n) is 6.94. The lowest BCUT2D eigenvalue weighted by Crippen LogP contribution is -2.68. The van der Waals surface area contributed by atoms with E-state index in [9.17, 15) is 14.7 Å². The number of fused-ring (bicyclic) bond motifs is 4. The first-order chi connectivity index (χ1) is 15.4. The molecule has 1 fully saturated rings. The van der Waals surface area contributed by atoms with E-state index in [2.05, 4.69) is 9.55 Å². The normalized spacial score (nSPS) is 19.1. The molecule has 0 unspecified atom stereocenters. The van der Waals surface area contributed by atoms with Crippen molar-refractivity contribution in [3.8, 4) is 5.75 Å². The molecule has 2 aromatic heterocycles. The zero-order valence-electron chi connectivity index (χ0n) is 18.4. The SMILES string of the molecule is COc1ccc2c3c(n(C)c2c1)[C@H](CO)N(C(=O)c1ccncc1)CC31CN(C(C)=O)C1. The molecule has 1 saturated heterocycles. The van der Waals surface area contributed by atoms with Gasteiger partial charge < -0.3 is 24.2 Å². The van der Waals surface area contributed by atoms with E-state index in [1.807, 2.05) is 25.2 Å². The molecule has 32 heavy (non-hydrogen) atoms. The van der Waals surface area contributed by atoms with E-state index in [1.54, 1.807) is 48.4 Å². The Morgan fingerprint density at radius 2 is 1.91 bits per heavy atom. The van der Waals surface area contributed by atoms with Gasteiger partial charge in [-0.15, -0.1) is 0 Å². The highest BCUT2D eigenvalue weighted by Gasteiger charge is 2.55. The number of aliphatic hydroxyl groups is 1. The number of aromatic nitrogens is 2. The molecule has 0 aliphatic carbocycles. The lowest BCUT2D eigenvalue weighted by molar-refractivity contribution is -0.137. The summed E-state index contributed by atoms with van der Waals surface area (Å²) in [6.07, 6.45) is 3.19. The lowest BCUT2D eigenvalue weighted by Gasteiger charge is -2.56. The summed E-state index contributed by atoms with van der Waals surface area (Å²) in [4.78, 5) is 33.2. The number of nitrogens with zero attached hydrogens (tertiary/aromatic N) is 4. The summed E-state index contributed by atoms with van der Waals surface area (Å²) >= 11 is 0. The monoisotopic (exact) mass is 434 g/mol. The Hall–Kier alpha value is -3.39. The van der Waals surface area contributed by atoms with Gasteiger partial charge in [-0.3, -0.25) is 14.6 Å². The molecular weight excluding hydrogens is 408 g/mol. The second kappa shape index (κ2) is 7.34. The number of amides is 2. The third-order valence-corrected chi connectivity index (χ3v) is 6.94. The molecule has 4 heterocycles. The van der Waals surface area contributed by atoms with Crippen molar-refractivity contribution in [3.05, 3.63) is 59.5 Å². The van der Waals surface area contributed by atoms with Crippen molar-refractivity contribution in [1.29, 1.82) is 0 Å². The second-order valence-electron chi connectivity index (χ2n) is 8.73. The van der Waals surface area contributed by atoms with Crippen molar-refractivity contribution >= 4 is 22.7 Å². The predicted octanol–water partition coefficient (Wildman–Crippen LogP) is 1.87. The van der Waals surface area contributed by atoms with Crippen LogP contribution in [0.2, 0.25) is 0 Å². The molecule has 1 N–H and O–H groups in total. The van der Waals surface area contributed by atoms with Crippen molar-refractivity contribution in [3.63, 3.8) is 0 Å². The number of carbonyl (C=O) groups is 2. The maximum absolute atomic E-state index is 13.5. The summed E-state index contributed by atoms with van der Waals surface area (Å²) in [5.74, 6) is 0.615. The molecule has 2 amide bonds. The maximum atomic E-state index is 13.5. The van der Waals surface area contributed by atoms with Gasteiger partial charge in [-0.05, 0) is 29.8 Å². The van der Waals surface area contributed by atoms with Crippen molar-refractivity contribution < 1.29 is 19.4 Å². The Morgan fingerprint density at radius 3 is 2.53 bits per heavy atom. The molecule has 1 aromatic carbocycles. The molecule has 1 atom stereocenters. The van der Waals surface area contributed by atoms with Gasteiger partial charge in [0.15, 0.2) is 0 Å². The predicted molar refractivity (Wildman–Crippen MR) is 119 cm³/mol. The quantitative estimate of drug-likeness (QED) is 0.680. The van der Waals surface area contributed by atoms with Crippen molar-refractivity contribution in [2.75, 3.05) is 33.4 Å². The minimum absolute atomic E-state index is 0.0235. The van der Waals surface area contributed by atoms with E-state index in [-0.39, 0.29) is 23.8 Å². The number of hydrogen-bond acceptors (Lipinski definition) is 5. The van der Waals surface area contributed by atoms with Crippen LogP contribution in [0.3, 0.4) is 0 Å². The summed E-state index contributed by atoms with van der Waals surface area (Å²) < 4.78 is 7.49. The van der Waals surface area contributed by atoms with Crippen LogP contribution in [0.25, 0.3) is 10.9 Å². The number of pyridine rings is 1. The highest BCUT2D eigenvalue weighted by Crippen LogP contribution is 2.49. The lowest BCUT2D eigenvalue weighted by atomic mass is 9.68. The van der Waals surface area contributed by atoms with Crippen LogP contribution < -0.4 is 4.74 Å². The Bertz CT molecular complexity index is 1210. The molecule has 8 heteroatoms. The van der Waals surface area contributed by atoms with Gasteiger partial charge in [-0.25, -0.2) is 0 Å². The fourth-order valence-electron chi connectivity index (χ4n) is 5.40. The number of carbonyl (C=O) groups excluding carboxylic acids is 2. The van der Waals surface area contributed by atoms with Gasteiger partial charge in [0.1, 0.15) is 5.75 Å². The number of rotatable bonds is 3.